The minimum Gasteiger partial charge on any atom is -0.359 e. The third-order valence-corrected chi connectivity index (χ3v) is 9.60. The molecule has 0 unspecified atom stereocenters. The molecule has 0 radical (unpaired) electrons. The Hall–Kier alpha value is -3.16. The number of nitrogens with zero attached hydrogens (tertiary/aromatic N) is 1. The molecular formula is C32H36ClN3O4. The molecule has 1 spiro atoms. The van der Waals surface area contributed by atoms with Crippen molar-refractivity contribution in [2.45, 2.75) is 76.2 Å². The van der Waals surface area contributed by atoms with Gasteiger partial charge >= 0.3 is 0 Å². The van der Waals surface area contributed by atoms with E-state index in [9.17, 15) is 14.4 Å². The van der Waals surface area contributed by atoms with Crippen molar-refractivity contribution in [2.24, 2.45) is 11.8 Å². The first-order valence-electron chi connectivity index (χ1n) is 14.4. The van der Waals surface area contributed by atoms with Crippen LogP contribution in [0.15, 0.2) is 54.6 Å². The van der Waals surface area contributed by atoms with E-state index in [0.29, 0.717) is 23.7 Å². The van der Waals surface area contributed by atoms with E-state index in [-0.39, 0.29) is 23.8 Å². The molecule has 3 amide bonds. The number of ether oxygens (including phenoxy) is 1. The summed E-state index contributed by atoms with van der Waals surface area (Å²) in [5, 5.41) is 6.87. The minimum absolute atomic E-state index is 0.0867. The number of carbonyl (C=O) groups excluding carboxylic acids is 3. The Kier molecular flexibility index (Phi) is 7.21. The van der Waals surface area contributed by atoms with E-state index in [4.69, 9.17) is 16.3 Å². The van der Waals surface area contributed by atoms with Crippen molar-refractivity contribution < 1.29 is 19.1 Å². The van der Waals surface area contributed by atoms with Crippen molar-refractivity contribution in [3.63, 3.8) is 0 Å². The average molecular weight is 562 g/mol. The van der Waals surface area contributed by atoms with Gasteiger partial charge in [0.05, 0.1) is 17.9 Å². The zero-order valence-corrected chi connectivity index (χ0v) is 23.7. The van der Waals surface area contributed by atoms with E-state index in [1.807, 2.05) is 68.5 Å². The molecule has 1 aliphatic carbocycles. The number of benzene rings is 2. The molecule has 3 aliphatic heterocycles. The highest BCUT2D eigenvalue weighted by molar-refractivity contribution is 6.31. The lowest BCUT2D eigenvalue weighted by Gasteiger charge is -2.34. The smallest absolute Gasteiger partial charge is 0.246 e. The maximum atomic E-state index is 14.2. The van der Waals surface area contributed by atoms with E-state index < -0.39 is 29.6 Å². The Labute approximate surface area is 240 Å². The molecule has 5 atom stereocenters. The predicted molar refractivity (Wildman–Crippen MR) is 154 cm³/mol. The first kappa shape index (κ1) is 27.0. The highest BCUT2D eigenvalue weighted by atomic mass is 35.5. The number of carbonyl (C=O) groups is 3. The van der Waals surface area contributed by atoms with Gasteiger partial charge in [-0.15, -0.1) is 0 Å². The third kappa shape index (κ3) is 4.63. The fourth-order valence-electron chi connectivity index (χ4n) is 7.02. The van der Waals surface area contributed by atoms with Crippen LogP contribution in [0.1, 0.15) is 48.8 Å². The lowest BCUT2D eigenvalue weighted by atomic mass is 9.74. The van der Waals surface area contributed by atoms with Gasteiger partial charge in [0.1, 0.15) is 11.6 Å². The Morgan fingerprint density at radius 2 is 1.82 bits per heavy atom. The highest BCUT2D eigenvalue weighted by Gasteiger charge is 2.72. The van der Waals surface area contributed by atoms with Gasteiger partial charge in [-0.2, -0.15) is 0 Å². The molecule has 4 aliphatic rings. The standard InChI is InChI=1S/C32H36ClN3O4/c1-19-12-13-23(18-20(19)2)35-29(37)26-25-14-16-32(40-25)27(26)31(39)36(17-15-21-8-6-7-11-24(21)33)28(32)30(38)34-22-9-4-3-5-10-22/h6-8,11-14,16,18,22,25-28H,3-5,9-10,15,17H2,1-2H3,(H,34,38)(H,35,37)/t25-,26-,27-,28-,32-/m0/s1. The number of likely N-dealkylation sites (tertiary alicyclic amines) is 1. The molecule has 2 N–H and O–H groups in total. The van der Waals surface area contributed by atoms with Crippen LogP contribution in [0.5, 0.6) is 0 Å². The second kappa shape index (κ2) is 10.7. The Balaban J connectivity index is 1.30. The molecule has 40 heavy (non-hydrogen) atoms. The number of hydrogen-bond acceptors (Lipinski definition) is 4. The van der Waals surface area contributed by atoms with Crippen molar-refractivity contribution in [3.8, 4) is 0 Å². The first-order valence-corrected chi connectivity index (χ1v) is 14.8. The van der Waals surface area contributed by atoms with Crippen LogP contribution >= 0.6 is 11.6 Å². The third-order valence-electron chi connectivity index (χ3n) is 9.23. The monoisotopic (exact) mass is 561 g/mol. The molecule has 8 heteroatoms. The van der Waals surface area contributed by atoms with Crippen molar-refractivity contribution in [2.75, 3.05) is 11.9 Å². The highest BCUT2D eigenvalue weighted by Crippen LogP contribution is 2.55. The van der Waals surface area contributed by atoms with E-state index in [1.165, 1.54) is 6.42 Å². The van der Waals surface area contributed by atoms with Gasteiger partial charge in [-0.3, -0.25) is 14.4 Å². The Morgan fingerprint density at radius 3 is 2.58 bits per heavy atom. The maximum absolute atomic E-state index is 14.2. The summed E-state index contributed by atoms with van der Waals surface area (Å²) < 4.78 is 6.48. The van der Waals surface area contributed by atoms with Gasteiger partial charge < -0.3 is 20.3 Å². The van der Waals surface area contributed by atoms with Crippen LogP contribution in [-0.2, 0) is 25.5 Å². The van der Waals surface area contributed by atoms with E-state index >= 15 is 0 Å². The number of hydrogen-bond donors (Lipinski definition) is 2. The summed E-state index contributed by atoms with van der Waals surface area (Å²) in [5.41, 5.74) is 2.62. The number of rotatable bonds is 7. The summed E-state index contributed by atoms with van der Waals surface area (Å²) in [6.07, 6.45) is 8.86. The van der Waals surface area contributed by atoms with Crippen LogP contribution in [0, 0.1) is 25.7 Å². The van der Waals surface area contributed by atoms with Gasteiger partial charge in [0, 0.05) is 23.3 Å². The lowest BCUT2D eigenvalue weighted by molar-refractivity contribution is -0.141. The molecule has 2 bridgehead atoms. The topological polar surface area (TPSA) is 87.7 Å². The molecule has 7 nitrogen and oxygen atoms in total. The van der Waals surface area contributed by atoms with Crippen molar-refractivity contribution in [3.05, 3.63) is 76.3 Å². The predicted octanol–water partition coefficient (Wildman–Crippen LogP) is 4.74. The molecular weight excluding hydrogens is 526 g/mol. The number of amides is 3. The first-order chi connectivity index (χ1) is 19.3. The number of fused-ring (bicyclic) bond motifs is 1. The van der Waals surface area contributed by atoms with Gasteiger partial charge in [0.15, 0.2) is 0 Å². The summed E-state index contributed by atoms with van der Waals surface area (Å²) in [4.78, 5) is 43.5. The van der Waals surface area contributed by atoms with Crippen LogP contribution in [0.25, 0.3) is 0 Å². The Morgan fingerprint density at radius 1 is 1.05 bits per heavy atom. The van der Waals surface area contributed by atoms with Crippen molar-refractivity contribution in [1.82, 2.24) is 10.2 Å². The summed E-state index contributed by atoms with van der Waals surface area (Å²) >= 11 is 6.42. The second-order valence-corrected chi connectivity index (χ2v) is 12.1. The number of halogens is 1. The summed E-state index contributed by atoms with van der Waals surface area (Å²) in [5.74, 6) is -2.20. The normalized spacial score (nSPS) is 29.1. The summed E-state index contributed by atoms with van der Waals surface area (Å²) in [6, 6.07) is 12.5. The molecule has 2 aromatic carbocycles. The van der Waals surface area contributed by atoms with Gasteiger partial charge in [-0.05, 0) is 68.0 Å². The molecule has 2 aromatic rings. The average Bonchev–Trinajstić information content (AvgIpc) is 3.58. The number of nitrogens with one attached hydrogen (secondary N) is 2. The van der Waals surface area contributed by atoms with Crippen LogP contribution in [0.2, 0.25) is 5.02 Å². The fraction of sp³-hybridized carbons (Fsp3) is 0.469. The molecule has 2 saturated heterocycles. The Bertz CT molecular complexity index is 1370. The lowest BCUT2D eigenvalue weighted by Crippen LogP contribution is -2.56. The van der Waals surface area contributed by atoms with Crippen molar-refractivity contribution >= 4 is 35.0 Å². The fourth-order valence-corrected chi connectivity index (χ4v) is 7.25. The molecule has 3 fully saturated rings. The molecule has 6 rings (SSSR count). The van der Waals surface area contributed by atoms with Crippen molar-refractivity contribution in [1.29, 1.82) is 0 Å². The molecule has 210 valence electrons. The van der Waals surface area contributed by atoms with E-state index in [0.717, 1.165) is 42.4 Å². The molecule has 3 heterocycles. The van der Waals surface area contributed by atoms with Gasteiger partial charge in [0.2, 0.25) is 17.7 Å². The second-order valence-electron chi connectivity index (χ2n) is 11.7. The van der Waals surface area contributed by atoms with Crippen LogP contribution < -0.4 is 10.6 Å². The van der Waals surface area contributed by atoms with E-state index in [1.54, 1.807) is 4.90 Å². The SMILES string of the molecule is Cc1ccc(NC(=O)[C@H]2[C@@H]3C=C[C@]4(O3)[C@@H]2C(=O)N(CCc2ccccc2Cl)[C@H]4C(=O)NC2CCCCC2)cc1C. The summed E-state index contributed by atoms with van der Waals surface area (Å²) in [6.45, 7) is 4.32. The van der Waals surface area contributed by atoms with E-state index in [2.05, 4.69) is 10.6 Å². The number of aryl methyl sites for hydroxylation is 2. The van der Waals surface area contributed by atoms with Gasteiger partial charge in [-0.1, -0.05) is 67.3 Å². The molecule has 1 saturated carbocycles. The zero-order valence-electron chi connectivity index (χ0n) is 23.0. The molecule has 0 aromatic heterocycles. The quantitative estimate of drug-likeness (QED) is 0.478. The van der Waals surface area contributed by atoms with Gasteiger partial charge in [-0.25, -0.2) is 0 Å². The largest absolute Gasteiger partial charge is 0.359 e. The number of anilines is 1. The summed E-state index contributed by atoms with van der Waals surface area (Å²) in [7, 11) is 0. The zero-order chi connectivity index (χ0) is 28.0. The maximum Gasteiger partial charge on any atom is 0.246 e. The van der Waals surface area contributed by atoms with Gasteiger partial charge in [0.25, 0.3) is 0 Å². The van der Waals surface area contributed by atoms with Crippen LogP contribution in [-0.4, -0.2) is 53.0 Å². The van der Waals surface area contributed by atoms with Crippen LogP contribution in [0.3, 0.4) is 0 Å². The van der Waals surface area contributed by atoms with Crippen LogP contribution in [0.4, 0.5) is 5.69 Å². The minimum atomic E-state index is -1.17.